The van der Waals surface area contributed by atoms with Crippen molar-refractivity contribution in [2.45, 2.75) is 13.5 Å². The first kappa shape index (κ1) is 19.3. The predicted molar refractivity (Wildman–Crippen MR) is 119 cm³/mol. The van der Waals surface area contributed by atoms with E-state index in [9.17, 15) is 4.79 Å². The van der Waals surface area contributed by atoms with Gasteiger partial charge in [0.2, 0.25) is 5.82 Å². The average molecular weight is 433 g/mol. The van der Waals surface area contributed by atoms with E-state index < -0.39 is 0 Å². The molecule has 0 aliphatic rings. The summed E-state index contributed by atoms with van der Waals surface area (Å²) in [6.07, 6.45) is 1.74. The minimum atomic E-state index is -0.163. The molecule has 0 radical (unpaired) electrons. The third-order valence-corrected chi connectivity index (χ3v) is 5.58. The van der Waals surface area contributed by atoms with Crippen LogP contribution < -0.4 is 14.8 Å². The Morgan fingerprint density at radius 2 is 1.97 bits per heavy atom. The summed E-state index contributed by atoms with van der Waals surface area (Å²) in [5.74, 6) is 1.88. The van der Waals surface area contributed by atoms with Gasteiger partial charge in [0.1, 0.15) is 11.1 Å². The Kier molecular flexibility index (Phi) is 4.67. The molecule has 0 saturated heterocycles. The molecule has 0 spiro atoms. The van der Waals surface area contributed by atoms with E-state index in [1.807, 2.05) is 61.5 Å². The van der Waals surface area contributed by atoms with Crippen LogP contribution in [0.1, 0.15) is 11.4 Å². The minimum Gasteiger partial charge on any atom is -0.497 e. The van der Waals surface area contributed by atoms with E-state index in [4.69, 9.17) is 16.3 Å². The van der Waals surface area contributed by atoms with Crippen LogP contribution in [0, 0.1) is 6.92 Å². The fourth-order valence-corrected chi connectivity index (χ4v) is 3.94. The number of aryl methyl sites for hydroxylation is 1. The van der Waals surface area contributed by atoms with Crippen LogP contribution in [0.5, 0.6) is 5.75 Å². The van der Waals surface area contributed by atoms with E-state index in [-0.39, 0.29) is 5.56 Å². The van der Waals surface area contributed by atoms with Crippen molar-refractivity contribution in [2.75, 3.05) is 7.11 Å². The normalized spacial score (nSPS) is 11.3. The summed E-state index contributed by atoms with van der Waals surface area (Å²) in [4.78, 5) is 22.7. The second-order valence-corrected chi connectivity index (χ2v) is 7.64. The van der Waals surface area contributed by atoms with Gasteiger partial charge in [-0.15, -0.1) is 4.52 Å². The van der Waals surface area contributed by atoms with E-state index >= 15 is 0 Å². The van der Waals surface area contributed by atoms with Gasteiger partial charge in [-0.25, -0.2) is 5.10 Å². The number of hydrogen-bond acceptors (Lipinski definition) is 4. The molecule has 3 aromatic heterocycles. The van der Waals surface area contributed by atoms with Gasteiger partial charge in [-0.05, 0) is 29.8 Å². The Labute approximate surface area is 182 Å². The molecule has 0 amide bonds. The lowest BCUT2D eigenvalue weighted by atomic mass is 10.1. The number of hydrogen-bond donors (Lipinski definition) is 1. The molecule has 0 atom stereocenters. The molecule has 0 bridgehead atoms. The molecule has 5 aromatic rings. The molecule has 0 unspecified atom stereocenters. The molecule has 8 heteroatoms. The number of methoxy groups -OCH3 is 1. The number of ether oxygens (including phenoxy) is 1. The highest BCUT2D eigenvalue weighted by Crippen LogP contribution is 2.26. The van der Waals surface area contributed by atoms with E-state index in [1.165, 1.54) is 0 Å². The van der Waals surface area contributed by atoms with Gasteiger partial charge in [-0.3, -0.25) is 4.79 Å². The molecule has 0 fully saturated rings. The number of benzene rings is 2. The van der Waals surface area contributed by atoms with Crippen molar-refractivity contribution in [3.05, 3.63) is 87.6 Å². The molecule has 2 aromatic carbocycles. The number of fused-ring (bicyclic) bond motifs is 2. The summed E-state index contributed by atoms with van der Waals surface area (Å²) in [5, 5.41) is 4.30. The fourth-order valence-electron chi connectivity index (χ4n) is 3.75. The third-order valence-electron chi connectivity index (χ3n) is 5.21. The number of nitrogens with zero attached hydrogens (tertiary/aromatic N) is 4. The Balaban J connectivity index is 1.82. The third kappa shape index (κ3) is 3.33. The van der Waals surface area contributed by atoms with Crippen molar-refractivity contribution < 1.29 is 9.25 Å². The van der Waals surface area contributed by atoms with E-state index in [0.717, 1.165) is 11.1 Å². The SMILES string of the molecule is COc1cccc(-c2c3c(=O)n(Cc4ccccc4Cl)ccc3nc3nc(C)[nH][n+]23)c1. The molecule has 0 aliphatic carbocycles. The monoisotopic (exact) mass is 432 g/mol. The standard InChI is InChI=1S/C23H18ClN5O2/c1-14-25-23-26-19-10-11-28(13-16-6-3-4-9-18(16)24)22(30)20(19)21(29(23)27-14)15-7-5-8-17(12-15)31-2/h3-12H,13H2,1-2H3/p+1. The van der Waals surface area contributed by atoms with Crippen LogP contribution in [0.15, 0.2) is 65.6 Å². The Hall–Kier alpha value is -3.71. The lowest BCUT2D eigenvalue weighted by Gasteiger charge is -2.10. The Bertz CT molecular complexity index is 1510. The molecule has 1 N–H and O–H groups in total. The molecular weight excluding hydrogens is 414 g/mol. The average Bonchev–Trinajstić information content (AvgIpc) is 3.15. The van der Waals surface area contributed by atoms with Gasteiger partial charge in [0.25, 0.3) is 5.56 Å². The van der Waals surface area contributed by atoms with Gasteiger partial charge in [0.05, 0.1) is 13.7 Å². The molecule has 0 saturated carbocycles. The Morgan fingerprint density at radius 1 is 1.13 bits per heavy atom. The lowest BCUT2D eigenvalue weighted by molar-refractivity contribution is -0.567. The van der Waals surface area contributed by atoms with Crippen LogP contribution >= 0.6 is 11.6 Å². The number of rotatable bonds is 4. The number of aromatic amines is 1. The second kappa shape index (κ2) is 7.52. The molecule has 0 aliphatic heterocycles. The van der Waals surface area contributed by atoms with Crippen LogP contribution in [0.3, 0.4) is 0 Å². The first-order valence-electron chi connectivity index (χ1n) is 9.74. The van der Waals surface area contributed by atoms with Crippen molar-refractivity contribution >= 4 is 28.3 Å². The van der Waals surface area contributed by atoms with Crippen molar-refractivity contribution in [2.24, 2.45) is 0 Å². The summed E-state index contributed by atoms with van der Waals surface area (Å²) in [6.45, 7) is 2.21. The van der Waals surface area contributed by atoms with Crippen LogP contribution in [0.2, 0.25) is 5.02 Å². The van der Waals surface area contributed by atoms with Gasteiger partial charge in [-0.1, -0.05) is 51.9 Å². The zero-order chi connectivity index (χ0) is 21.5. The Morgan fingerprint density at radius 3 is 2.77 bits per heavy atom. The summed E-state index contributed by atoms with van der Waals surface area (Å²) < 4.78 is 8.79. The van der Waals surface area contributed by atoms with Gasteiger partial charge in [0.15, 0.2) is 11.2 Å². The highest BCUT2D eigenvalue weighted by molar-refractivity contribution is 6.31. The van der Waals surface area contributed by atoms with Crippen molar-refractivity contribution in [1.29, 1.82) is 0 Å². The number of aromatic nitrogens is 5. The maximum atomic E-state index is 13.6. The fraction of sp³-hybridized carbons (Fsp3) is 0.130. The van der Waals surface area contributed by atoms with E-state index in [0.29, 0.717) is 45.5 Å². The number of halogens is 1. The van der Waals surface area contributed by atoms with Crippen molar-refractivity contribution in [3.8, 4) is 17.0 Å². The van der Waals surface area contributed by atoms with Crippen LogP contribution in [0.25, 0.3) is 27.9 Å². The molecule has 5 rings (SSSR count). The van der Waals surface area contributed by atoms with Crippen LogP contribution in [-0.4, -0.2) is 26.7 Å². The van der Waals surface area contributed by atoms with Gasteiger partial charge < -0.3 is 9.30 Å². The quantitative estimate of drug-likeness (QED) is 0.441. The van der Waals surface area contributed by atoms with Gasteiger partial charge in [-0.2, -0.15) is 0 Å². The van der Waals surface area contributed by atoms with Crippen LogP contribution in [-0.2, 0) is 6.54 Å². The zero-order valence-electron chi connectivity index (χ0n) is 17.0. The maximum Gasteiger partial charge on any atom is 0.458 e. The topological polar surface area (TPSA) is 76.9 Å². The molecule has 7 nitrogen and oxygen atoms in total. The summed E-state index contributed by atoms with van der Waals surface area (Å²) in [6, 6.07) is 16.9. The predicted octanol–water partition coefficient (Wildman–Crippen LogP) is 3.54. The van der Waals surface area contributed by atoms with E-state index in [1.54, 1.807) is 22.4 Å². The largest absolute Gasteiger partial charge is 0.497 e. The lowest BCUT2D eigenvalue weighted by Crippen LogP contribution is -2.32. The smallest absolute Gasteiger partial charge is 0.458 e. The van der Waals surface area contributed by atoms with Gasteiger partial charge >= 0.3 is 5.78 Å². The van der Waals surface area contributed by atoms with Gasteiger partial charge in [0, 0.05) is 23.7 Å². The van der Waals surface area contributed by atoms with E-state index in [2.05, 4.69) is 15.1 Å². The van der Waals surface area contributed by atoms with Crippen LogP contribution in [0.4, 0.5) is 0 Å². The summed E-state index contributed by atoms with van der Waals surface area (Å²) >= 11 is 6.33. The second-order valence-electron chi connectivity index (χ2n) is 7.24. The number of pyridine rings is 1. The first-order chi connectivity index (χ1) is 15.0. The van der Waals surface area contributed by atoms with Crippen molar-refractivity contribution in [1.82, 2.24) is 19.6 Å². The molecule has 3 heterocycles. The first-order valence-corrected chi connectivity index (χ1v) is 10.1. The molecule has 154 valence electrons. The molecule has 31 heavy (non-hydrogen) atoms. The number of H-pyrrole nitrogens is 1. The highest BCUT2D eigenvalue weighted by Gasteiger charge is 2.24. The highest BCUT2D eigenvalue weighted by atomic mass is 35.5. The molecular formula is C23H19ClN5O2+. The zero-order valence-corrected chi connectivity index (χ0v) is 17.7. The number of nitrogens with one attached hydrogen (secondary N) is 1. The minimum absolute atomic E-state index is 0.163. The van der Waals surface area contributed by atoms with Crippen molar-refractivity contribution in [3.63, 3.8) is 0 Å². The summed E-state index contributed by atoms with van der Waals surface area (Å²) in [5.41, 5.74) is 2.78. The maximum absolute atomic E-state index is 13.6. The summed E-state index contributed by atoms with van der Waals surface area (Å²) in [7, 11) is 1.61.